The number of carbonyl (C=O) groups is 3. The Kier molecular flexibility index (Phi) is 8.71. The molecule has 5 aliphatic carbocycles. The van der Waals surface area contributed by atoms with Gasteiger partial charge in [0.05, 0.1) is 23.5 Å². The smallest absolute Gasteiger partial charge is 0.354 e. The molecule has 1 saturated heterocycles. The van der Waals surface area contributed by atoms with E-state index in [-0.39, 0.29) is 62.1 Å². The van der Waals surface area contributed by atoms with Crippen molar-refractivity contribution in [3.8, 4) is 0 Å². The predicted octanol–water partition coefficient (Wildman–Crippen LogP) is 8.50. The number of carbonyl (C=O) groups excluding carboxylic acids is 3. The van der Waals surface area contributed by atoms with E-state index in [1.165, 1.54) is 16.7 Å². The Morgan fingerprint density at radius 1 is 1.02 bits per heavy atom. The summed E-state index contributed by atoms with van der Waals surface area (Å²) in [5.41, 5.74) is 2.34. The molecule has 0 aromatic carbocycles. The van der Waals surface area contributed by atoms with Crippen molar-refractivity contribution < 1.29 is 24.0 Å². The Labute approximate surface area is 291 Å². The monoisotopic (exact) mass is 684 g/mol. The summed E-state index contributed by atoms with van der Waals surface area (Å²) in [6, 6.07) is 0. The van der Waals surface area contributed by atoms with E-state index in [9.17, 15) is 14.4 Å². The van der Waals surface area contributed by atoms with E-state index in [0.717, 1.165) is 69.9 Å². The highest BCUT2D eigenvalue weighted by Crippen LogP contribution is 2.75. The van der Waals surface area contributed by atoms with E-state index >= 15 is 0 Å². The number of ether oxygens (including phenoxy) is 1. The van der Waals surface area contributed by atoms with E-state index in [1.54, 1.807) is 12.7 Å². The summed E-state index contributed by atoms with van der Waals surface area (Å²) in [7, 11) is 1.57. The van der Waals surface area contributed by atoms with Gasteiger partial charge in [0.1, 0.15) is 10.9 Å². The molecule has 6 rings (SSSR count). The Hall–Kier alpha value is -1.74. The fourth-order valence-electron chi connectivity index (χ4n) is 12.0. The van der Waals surface area contributed by atoms with Crippen LogP contribution in [0.15, 0.2) is 16.8 Å². The van der Waals surface area contributed by atoms with Crippen molar-refractivity contribution in [1.29, 1.82) is 0 Å². The number of rotatable bonds is 5. The van der Waals surface area contributed by atoms with Gasteiger partial charge in [0.15, 0.2) is 0 Å². The van der Waals surface area contributed by atoms with Crippen LogP contribution in [0.4, 0.5) is 0 Å². The molecule has 0 spiro atoms. The van der Waals surface area contributed by atoms with Crippen molar-refractivity contribution in [3.05, 3.63) is 11.6 Å². The molecule has 0 N–H and O–H groups in total. The lowest BCUT2D eigenvalue weighted by Gasteiger charge is -2.70. The van der Waals surface area contributed by atoms with E-state index in [1.807, 2.05) is 6.92 Å². The zero-order chi connectivity index (χ0) is 34.4. The molecular weight excluding hydrogens is 629 g/mol. The molecule has 1 aliphatic heterocycles. The fraction of sp³-hybridized carbons (Fsp3) is 0.816. The molecule has 0 radical (unpaired) electrons. The SMILES string of the molecule is CC[C@@H]1SC(=S)N(CC(=O)O/N=C2/CC[C@@]3(C)[C@H](CC[C@]4(C)[C@H]3CC=C3[C@H]5CC(C)(C)CC[C@]5(C(=O)OC)CC[C@]34C)C2(C)C)C1=O. The lowest BCUT2D eigenvalue weighted by Crippen LogP contribution is -2.64. The summed E-state index contributed by atoms with van der Waals surface area (Å²) in [6.45, 7) is 18.7. The van der Waals surface area contributed by atoms with Crippen molar-refractivity contribution in [2.24, 2.45) is 55.4 Å². The minimum absolute atomic E-state index is 0.00391. The molecule has 1 heterocycles. The number of methoxy groups -OCH3 is 1. The van der Waals surface area contributed by atoms with E-state index < -0.39 is 5.97 Å². The first kappa shape index (κ1) is 35.1. The Balaban J connectivity index is 1.25. The topological polar surface area (TPSA) is 85.3 Å². The van der Waals surface area contributed by atoms with Crippen molar-refractivity contribution in [2.45, 2.75) is 131 Å². The van der Waals surface area contributed by atoms with Gasteiger partial charge in [0, 0.05) is 5.41 Å². The molecule has 6 aliphatic rings. The summed E-state index contributed by atoms with van der Waals surface area (Å²) in [4.78, 5) is 45.9. The highest BCUT2D eigenvalue weighted by Gasteiger charge is 2.69. The molecule has 7 nitrogen and oxygen atoms in total. The summed E-state index contributed by atoms with van der Waals surface area (Å²) < 4.78 is 5.97. The third-order valence-electron chi connectivity index (χ3n) is 14.9. The van der Waals surface area contributed by atoms with Crippen LogP contribution in [-0.2, 0) is 24.0 Å². The number of fused-ring (bicyclic) bond motifs is 7. The second-order valence-corrected chi connectivity index (χ2v) is 19.6. The molecule has 0 bridgehead atoms. The van der Waals surface area contributed by atoms with Crippen molar-refractivity contribution in [2.75, 3.05) is 13.7 Å². The molecule has 0 aromatic heterocycles. The minimum Gasteiger partial charge on any atom is -0.469 e. The second kappa shape index (κ2) is 11.7. The molecule has 47 heavy (non-hydrogen) atoms. The third-order valence-corrected chi connectivity index (χ3v) is 16.7. The molecular formula is C38H56N2O5S2. The van der Waals surface area contributed by atoms with Crippen LogP contribution in [0.25, 0.3) is 0 Å². The van der Waals surface area contributed by atoms with Crippen molar-refractivity contribution >= 4 is 51.9 Å². The number of oxime groups is 1. The summed E-state index contributed by atoms with van der Waals surface area (Å²) >= 11 is 6.70. The number of nitrogens with zero attached hydrogens (tertiary/aromatic N) is 2. The molecule has 4 saturated carbocycles. The average Bonchev–Trinajstić information content (AvgIpc) is 3.27. The van der Waals surface area contributed by atoms with Gasteiger partial charge in [-0.2, -0.15) is 0 Å². The molecule has 0 unspecified atom stereocenters. The Morgan fingerprint density at radius 3 is 2.38 bits per heavy atom. The van der Waals surface area contributed by atoms with E-state index in [4.69, 9.17) is 21.8 Å². The summed E-state index contributed by atoms with van der Waals surface area (Å²) in [5.74, 6) is 0.497. The largest absolute Gasteiger partial charge is 0.469 e. The summed E-state index contributed by atoms with van der Waals surface area (Å²) in [6.07, 6.45) is 13.3. The highest BCUT2D eigenvalue weighted by molar-refractivity contribution is 8.24. The van der Waals surface area contributed by atoms with Crippen molar-refractivity contribution in [3.63, 3.8) is 0 Å². The molecule has 5 fully saturated rings. The molecule has 0 aromatic rings. The first-order valence-corrected chi connectivity index (χ1v) is 19.3. The van der Waals surface area contributed by atoms with Crippen LogP contribution in [0, 0.1) is 50.2 Å². The van der Waals surface area contributed by atoms with E-state index in [2.05, 4.69) is 59.7 Å². The van der Waals surface area contributed by atoms with Gasteiger partial charge in [0.25, 0.3) is 0 Å². The van der Waals surface area contributed by atoms with Crippen LogP contribution in [-0.4, -0.2) is 51.7 Å². The van der Waals surface area contributed by atoms with Gasteiger partial charge in [-0.15, -0.1) is 0 Å². The number of hydrogen-bond acceptors (Lipinski definition) is 8. The van der Waals surface area contributed by atoms with Crippen LogP contribution < -0.4 is 0 Å². The van der Waals surface area contributed by atoms with Crippen LogP contribution in [0.5, 0.6) is 0 Å². The maximum absolute atomic E-state index is 13.5. The molecule has 1 amide bonds. The van der Waals surface area contributed by atoms with Crippen LogP contribution in [0.1, 0.15) is 126 Å². The number of esters is 1. The van der Waals surface area contributed by atoms with Gasteiger partial charge in [-0.05, 0) is 110 Å². The normalized spacial score (nSPS) is 42.9. The lowest BCUT2D eigenvalue weighted by molar-refractivity contribution is -0.181. The number of amides is 1. The van der Waals surface area contributed by atoms with Gasteiger partial charge >= 0.3 is 11.9 Å². The second-order valence-electron chi connectivity index (χ2n) is 17.8. The number of thiocarbonyl (C=S) groups is 1. The maximum atomic E-state index is 13.5. The minimum atomic E-state index is -0.546. The standard InChI is InChI=1S/C38H56N2O5S2/c1-10-25-30(42)40(32(46)47-25)22-29(41)45-39-28-14-15-35(6)26(34(28,4)5)13-16-37(8)27(35)12-11-23-24-21-33(2,3)17-19-38(24,31(43)44-9)20-18-36(23,37)7/h11,24-27H,10,12-22H2,1-9H3/b39-28-/t24-,25+,26-,27+,35+,36-,37-,38+/m1/s1. The van der Waals surface area contributed by atoms with Gasteiger partial charge < -0.3 is 9.57 Å². The fourth-order valence-corrected chi connectivity index (χ4v) is 13.4. The molecule has 260 valence electrons. The quantitative estimate of drug-likeness (QED) is 0.0944. The first-order chi connectivity index (χ1) is 21.9. The number of hydrogen-bond donors (Lipinski definition) is 0. The van der Waals surface area contributed by atoms with Gasteiger partial charge in [0.2, 0.25) is 5.91 Å². The summed E-state index contributed by atoms with van der Waals surface area (Å²) in [5, 5.41) is 4.28. The number of thioether (sulfide) groups is 1. The highest BCUT2D eigenvalue weighted by atomic mass is 32.2. The Morgan fingerprint density at radius 2 is 1.72 bits per heavy atom. The Bertz CT molecular complexity index is 1440. The molecule has 8 atom stereocenters. The lowest BCUT2D eigenvalue weighted by atomic mass is 9.33. The number of allylic oxidation sites excluding steroid dienone is 2. The first-order valence-electron chi connectivity index (χ1n) is 18.0. The van der Waals surface area contributed by atoms with Crippen LogP contribution in [0.3, 0.4) is 0 Å². The maximum Gasteiger partial charge on any atom is 0.354 e. The zero-order valence-corrected chi connectivity index (χ0v) is 31.8. The van der Waals surface area contributed by atoms with E-state index in [0.29, 0.717) is 22.6 Å². The van der Waals surface area contributed by atoms with Gasteiger partial charge in [-0.25, -0.2) is 4.79 Å². The van der Waals surface area contributed by atoms with Crippen LogP contribution in [0.2, 0.25) is 0 Å². The third kappa shape index (κ3) is 5.12. The average molecular weight is 685 g/mol. The van der Waals surface area contributed by atoms with Crippen LogP contribution >= 0.6 is 24.0 Å². The van der Waals surface area contributed by atoms with Gasteiger partial charge in [-0.3, -0.25) is 14.5 Å². The zero-order valence-electron chi connectivity index (χ0n) is 30.1. The van der Waals surface area contributed by atoms with Gasteiger partial charge in [-0.1, -0.05) is 96.2 Å². The predicted molar refractivity (Wildman–Crippen MR) is 191 cm³/mol. The van der Waals surface area contributed by atoms with Crippen molar-refractivity contribution in [1.82, 2.24) is 4.90 Å². The molecule has 9 heteroatoms.